The van der Waals surface area contributed by atoms with Gasteiger partial charge in [-0.15, -0.1) is 0 Å². The summed E-state index contributed by atoms with van der Waals surface area (Å²) in [5.41, 5.74) is 0.901. The lowest BCUT2D eigenvalue weighted by atomic mass is 10.1. The van der Waals surface area contributed by atoms with E-state index in [1.165, 1.54) is 6.07 Å². The number of pyridine rings is 1. The molecule has 3 nitrogen and oxygen atoms in total. The third-order valence-electron chi connectivity index (χ3n) is 3.05. The summed E-state index contributed by atoms with van der Waals surface area (Å²) in [4.78, 5) is 15.8. The molecule has 1 aromatic carbocycles. The largest absolute Gasteiger partial charge is 0.451 e. The van der Waals surface area contributed by atoms with Gasteiger partial charge in [-0.1, -0.05) is 24.6 Å². The first kappa shape index (κ1) is 12.1. The van der Waals surface area contributed by atoms with Gasteiger partial charge in [0.05, 0.1) is 10.8 Å². The van der Waals surface area contributed by atoms with E-state index < -0.39 is 5.95 Å². The molecule has 0 N–H and O–H groups in total. The van der Waals surface area contributed by atoms with Crippen molar-refractivity contribution in [3.05, 3.63) is 51.2 Å². The quantitative estimate of drug-likeness (QED) is 0.503. The van der Waals surface area contributed by atoms with E-state index in [0.29, 0.717) is 11.0 Å². The molecule has 0 aliphatic carbocycles. The van der Waals surface area contributed by atoms with Crippen LogP contribution >= 0.6 is 11.6 Å². The normalized spacial score (nSPS) is 11.3. The van der Waals surface area contributed by atoms with Gasteiger partial charge in [-0.2, -0.15) is 4.39 Å². The Morgan fingerprint density at radius 2 is 2.11 bits per heavy atom. The maximum absolute atomic E-state index is 13.7. The SMILES string of the molecule is CCc1ccc2oc3c(F)nc(Cl)cc3c(=O)c2c1. The molecule has 3 rings (SSSR count). The van der Waals surface area contributed by atoms with Gasteiger partial charge >= 0.3 is 0 Å². The molecule has 3 aromatic rings. The second-order valence-corrected chi connectivity index (χ2v) is 4.61. The van der Waals surface area contributed by atoms with Crippen LogP contribution in [0, 0.1) is 5.95 Å². The number of aryl methyl sites for hydroxylation is 1. The Hall–Kier alpha value is -1.94. The summed E-state index contributed by atoms with van der Waals surface area (Å²) in [5, 5.41) is 0.468. The van der Waals surface area contributed by atoms with Crippen LogP contribution in [0.4, 0.5) is 4.39 Å². The first-order valence-electron chi connectivity index (χ1n) is 5.81. The fourth-order valence-electron chi connectivity index (χ4n) is 2.06. The summed E-state index contributed by atoms with van der Waals surface area (Å²) in [6.45, 7) is 1.99. The van der Waals surface area contributed by atoms with Crippen LogP contribution in [0.15, 0.2) is 33.5 Å². The van der Waals surface area contributed by atoms with Crippen LogP contribution < -0.4 is 5.43 Å². The molecule has 0 unspecified atom stereocenters. The maximum Gasteiger partial charge on any atom is 0.258 e. The fourth-order valence-corrected chi connectivity index (χ4v) is 2.24. The van der Waals surface area contributed by atoms with Crippen molar-refractivity contribution in [2.75, 3.05) is 0 Å². The molecule has 5 heteroatoms. The summed E-state index contributed by atoms with van der Waals surface area (Å²) >= 11 is 5.67. The van der Waals surface area contributed by atoms with Crippen LogP contribution in [-0.2, 0) is 6.42 Å². The Labute approximate surface area is 112 Å². The van der Waals surface area contributed by atoms with Crippen molar-refractivity contribution in [3.8, 4) is 0 Å². The summed E-state index contributed by atoms with van der Waals surface area (Å²) < 4.78 is 19.1. The van der Waals surface area contributed by atoms with E-state index >= 15 is 0 Å². The number of aromatic nitrogens is 1. The molecular formula is C14H9ClFNO2. The zero-order valence-electron chi connectivity index (χ0n) is 10.0. The number of hydrogen-bond donors (Lipinski definition) is 0. The Balaban J connectivity index is 2.53. The first-order valence-corrected chi connectivity index (χ1v) is 6.19. The molecule has 0 saturated heterocycles. The van der Waals surface area contributed by atoms with Crippen LogP contribution in [0.1, 0.15) is 12.5 Å². The molecule has 19 heavy (non-hydrogen) atoms. The van der Waals surface area contributed by atoms with Gasteiger partial charge in [0.15, 0.2) is 5.58 Å². The third kappa shape index (κ3) is 1.88. The average Bonchev–Trinajstić information content (AvgIpc) is 2.40. The van der Waals surface area contributed by atoms with Gasteiger partial charge in [0.2, 0.25) is 5.43 Å². The molecule has 0 aliphatic heterocycles. The Morgan fingerprint density at radius 1 is 1.32 bits per heavy atom. The van der Waals surface area contributed by atoms with Crippen molar-refractivity contribution in [2.45, 2.75) is 13.3 Å². The van der Waals surface area contributed by atoms with Crippen LogP contribution in [0.25, 0.3) is 21.9 Å². The van der Waals surface area contributed by atoms with Crippen molar-refractivity contribution < 1.29 is 8.81 Å². The minimum atomic E-state index is -0.874. The van der Waals surface area contributed by atoms with Gasteiger partial charge in [0, 0.05) is 0 Å². The van der Waals surface area contributed by atoms with E-state index in [9.17, 15) is 9.18 Å². The predicted molar refractivity (Wildman–Crippen MR) is 72.1 cm³/mol. The number of nitrogens with zero attached hydrogens (tertiary/aromatic N) is 1. The highest BCUT2D eigenvalue weighted by Crippen LogP contribution is 2.23. The maximum atomic E-state index is 13.7. The van der Waals surface area contributed by atoms with E-state index in [-0.39, 0.29) is 21.6 Å². The smallest absolute Gasteiger partial charge is 0.258 e. The standard InChI is InChI=1S/C14H9ClFNO2/c1-2-7-3-4-10-8(5-7)12(18)9-6-11(15)17-14(16)13(9)19-10/h3-6H,2H2,1H3. The predicted octanol–water partition coefficient (Wildman–Crippen LogP) is 3.70. The highest BCUT2D eigenvalue weighted by molar-refractivity contribution is 6.30. The van der Waals surface area contributed by atoms with Gasteiger partial charge < -0.3 is 4.42 Å². The summed E-state index contributed by atoms with van der Waals surface area (Å²) in [6, 6.07) is 6.60. The molecule has 0 saturated carbocycles. The molecule has 0 atom stereocenters. The average molecular weight is 278 g/mol. The lowest BCUT2D eigenvalue weighted by Crippen LogP contribution is -2.04. The van der Waals surface area contributed by atoms with Gasteiger partial charge in [-0.25, -0.2) is 4.98 Å². The van der Waals surface area contributed by atoms with Crippen molar-refractivity contribution in [1.29, 1.82) is 0 Å². The zero-order chi connectivity index (χ0) is 13.6. The Bertz CT molecular complexity index is 857. The van der Waals surface area contributed by atoms with E-state index in [0.717, 1.165) is 12.0 Å². The topological polar surface area (TPSA) is 43.1 Å². The second kappa shape index (κ2) is 4.31. The molecule has 0 radical (unpaired) electrons. The van der Waals surface area contributed by atoms with Crippen LogP contribution in [0.3, 0.4) is 0 Å². The second-order valence-electron chi connectivity index (χ2n) is 4.23. The minimum absolute atomic E-state index is 0.0664. The van der Waals surface area contributed by atoms with Crippen molar-refractivity contribution in [2.24, 2.45) is 0 Å². The summed E-state index contributed by atoms with van der Waals surface area (Å²) in [6.07, 6.45) is 0.804. The first-order chi connectivity index (χ1) is 9.10. The van der Waals surface area contributed by atoms with Crippen molar-refractivity contribution >= 4 is 33.5 Å². The van der Waals surface area contributed by atoms with Crippen LogP contribution in [0.5, 0.6) is 0 Å². The molecule has 0 amide bonds. The van der Waals surface area contributed by atoms with E-state index in [1.807, 2.05) is 13.0 Å². The van der Waals surface area contributed by atoms with Crippen molar-refractivity contribution in [1.82, 2.24) is 4.98 Å². The lowest BCUT2D eigenvalue weighted by molar-refractivity contribution is 0.549. The highest BCUT2D eigenvalue weighted by Gasteiger charge is 2.13. The highest BCUT2D eigenvalue weighted by atomic mass is 35.5. The molecule has 0 aliphatic rings. The number of hydrogen-bond acceptors (Lipinski definition) is 3. The third-order valence-corrected chi connectivity index (χ3v) is 3.25. The molecule has 0 fully saturated rings. The Kier molecular flexibility index (Phi) is 2.75. The number of fused-ring (bicyclic) bond motifs is 2. The van der Waals surface area contributed by atoms with E-state index in [2.05, 4.69) is 4.98 Å². The molecular weight excluding hydrogens is 269 g/mol. The molecule has 96 valence electrons. The number of halogens is 2. The van der Waals surface area contributed by atoms with E-state index in [1.54, 1.807) is 12.1 Å². The Morgan fingerprint density at radius 3 is 2.84 bits per heavy atom. The molecule has 2 aromatic heterocycles. The minimum Gasteiger partial charge on any atom is -0.451 e. The fraction of sp³-hybridized carbons (Fsp3) is 0.143. The van der Waals surface area contributed by atoms with Gasteiger partial charge in [-0.3, -0.25) is 4.79 Å². The molecule has 0 spiro atoms. The summed E-state index contributed by atoms with van der Waals surface area (Å²) in [5.74, 6) is -0.874. The van der Waals surface area contributed by atoms with Gasteiger partial charge in [0.1, 0.15) is 10.7 Å². The van der Waals surface area contributed by atoms with Crippen LogP contribution in [-0.4, -0.2) is 4.98 Å². The monoisotopic (exact) mass is 277 g/mol. The zero-order valence-corrected chi connectivity index (χ0v) is 10.8. The number of rotatable bonds is 1. The lowest BCUT2D eigenvalue weighted by Gasteiger charge is -2.04. The van der Waals surface area contributed by atoms with Crippen LogP contribution in [0.2, 0.25) is 5.15 Å². The molecule has 0 bridgehead atoms. The van der Waals surface area contributed by atoms with Gasteiger partial charge in [-0.05, 0) is 30.2 Å². The summed E-state index contributed by atoms with van der Waals surface area (Å²) in [7, 11) is 0. The van der Waals surface area contributed by atoms with Crippen molar-refractivity contribution in [3.63, 3.8) is 0 Å². The molecule has 2 heterocycles. The van der Waals surface area contributed by atoms with E-state index in [4.69, 9.17) is 16.0 Å². The number of benzene rings is 1. The van der Waals surface area contributed by atoms with Gasteiger partial charge in [0.25, 0.3) is 5.95 Å².